The molecule has 1 atom stereocenters. The number of amides is 2. The summed E-state index contributed by atoms with van der Waals surface area (Å²) >= 11 is 6.77. The molecule has 174 valence electrons. The Hall–Kier alpha value is -2.38. The fourth-order valence-electron chi connectivity index (χ4n) is 4.85. The Balaban J connectivity index is 1.67. The third-order valence-electron chi connectivity index (χ3n) is 6.36. The SMILES string of the molecule is CCN1c2cc(F)c(/C=C3/SC(=O)N(Cc4c(F)cccc4Cl)C3=O)cc2C(C)CC1(C)C. The van der Waals surface area contributed by atoms with Gasteiger partial charge in [-0.1, -0.05) is 24.6 Å². The van der Waals surface area contributed by atoms with Crippen molar-refractivity contribution >= 4 is 46.3 Å². The maximum atomic E-state index is 15.1. The molecule has 4 nitrogen and oxygen atoms in total. The third kappa shape index (κ3) is 4.28. The number of thioether (sulfide) groups is 1. The summed E-state index contributed by atoms with van der Waals surface area (Å²) in [5.74, 6) is -1.43. The molecule has 0 N–H and O–H groups in total. The molecule has 0 saturated carbocycles. The van der Waals surface area contributed by atoms with Gasteiger partial charge in [0, 0.05) is 33.9 Å². The largest absolute Gasteiger partial charge is 0.366 e. The normalized spacial score (nSPS) is 21.2. The summed E-state index contributed by atoms with van der Waals surface area (Å²) in [5, 5.41) is -0.410. The Bertz CT molecular complexity index is 1160. The van der Waals surface area contributed by atoms with Gasteiger partial charge in [0.1, 0.15) is 11.6 Å². The van der Waals surface area contributed by atoms with Gasteiger partial charge in [0.2, 0.25) is 0 Å². The highest BCUT2D eigenvalue weighted by atomic mass is 35.5. The van der Waals surface area contributed by atoms with Crippen molar-refractivity contribution < 1.29 is 18.4 Å². The second-order valence-corrected chi connectivity index (χ2v) is 10.5. The number of carbonyl (C=O) groups is 2. The first-order chi connectivity index (χ1) is 15.5. The van der Waals surface area contributed by atoms with Crippen LogP contribution < -0.4 is 4.90 Å². The zero-order chi connectivity index (χ0) is 24.1. The summed E-state index contributed by atoms with van der Waals surface area (Å²) in [4.78, 5) is 28.6. The van der Waals surface area contributed by atoms with Crippen molar-refractivity contribution in [3.05, 3.63) is 68.6 Å². The van der Waals surface area contributed by atoms with Crippen LogP contribution in [-0.2, 0) is 11.3 Å². The average molecular weight is 491 g/mol. The number of carbonyl (C=O) groups excluding carboxylic acids is 2. The molecule has 33 heavy (non-hydrogen) atoms. The first kappa shape index (κ1) is 23.8. The Labute approximate surface area is 201 Å². The molecule has 1 saturated heterocycles. The molecule has 2 aliphatic heterocycles. The summed E-state index contributed by atoms with van der Waals surface area (Å²) in [6.07, 6.45) is 2.32. The monoisotopic (exact) mass is 490 g/mol. The molecule has 4 rings (SSSR count). The quantitative estimate of drug-likeness (QED) is 0.434. The zero-order valence-corrected chi connectivity index (χ0v) is 20.5. The van der Waals surface area contributed by atoms with Crippen LogP contribution in [0, 0.1) is 11.6 Å². The second-order valence-electron chi connectivity index (χ2n) is 9.06. The van der Waals surface area contributed by atoms with Crippen molar-refractivity contribution in [2.24, 2.45) is 0 Å². The van der Waals surface area contributed by atoms with Crippen LogP contribution in [0.5, 0.6) is 0 Å². The van der Waals surface area contributed by atoms with Gasteiger partial charge >= 0.3 is 0 Å². The van der Waals surface area contributed by atoms with Gasteiger partial charge < -0.3 is 4.90 Å². The molecule has 2 amide bonds. The van der Waals surface area contributed by atoms with Crippen LogP contribution in [0.1, 0.15) is 56.7 Å². The molecule has 0 aliphatic carbocycles. The highest BCUT2D eigenvalue weighted by molar-refractivity contribution is 8.18. The number of anilines is 1. The van der Waals surface area contributed by atoms with Crippen LogP contribution >= 0.6 is 23.4 Å². The fraction of sp³-hybridized carbons (Fsp3) is 0.360. The first-order valence-electron chi connectivity index (χ1n) is 10.8. The minimum absolute atomic E-state index is 0.0683. The molecule has 2 heterocycles. The van der Waals surface area contributed by atoms with E-state index in [0.29, 0.717) is 11.8 Å². The summed E-state index contributed by atoms with van der Waals surface area (Å²) in [6, 6.07) is 7.47. The van der Waals surface area contributed by atoms with Crippen LogP contribution in [0.2, 0.25) is 5.02 Å². The van der Waals surface area contributed by atoms with Crippen LogP contribution in [0.3, 0.4) is 0 Å². The number of hydrogen-bond acceptors (Lipinski definition) is 4. The summed E-state index contributed by atoms with van der Waals surface area (Å²) in [7, 11) is 0. The van der Waals surface area contributed by atoms with Crippen LogP contribution in [0.15, 0.2) is 35.2 Å². The van der Waals surface area contributed by atoms with Crippen molar-refractivity contribution in [1.29, 1.82) is 0 Å². The minimum Gasteiger partial charge on any atom is -0.366 e. The van der Waals surface area contributed by atoms with Gasteiger partial charge in [-0.2, -0.15) is 0 Å². The highest BCUT2D eigenvalue weighted by Gasteiger charge is 2.38. The van der Waals surface area contributed by atoms with Crippen molar-refractivity contribution in [3.63, 3.8) is 0 Å². The summed E-state index contributed by atoms with van der Waals surface area (Å²) < 4.78 is 29.3. The van der Waals surface area contributed by atoms with E-state index in [1.165, 1.54) is 30.3 Å². The Morgan fingerprint density at radius 2 is 1.94 bits per heavy atom. The number of rotatable bonds is 4. The van der Waals surface area contributed by atoms with Crippen molar-refractivity contribution in [1.82, 2.24) is 4.90 Å². The zero-order valence-electron chi connectivity index (χ0n) is 18.9. The van der Waals surface area contributed by atoms with Crippen LogP contribution in [0.25, 0.3) is 6.08 Å². The van der Waals surface area contributed by atoms with E-state index in [9.17, 15) is 14.0 Å². The average Bonchev–Trinajstić information content (AvgIpc) is 2.98. The molecular formula is C25H25ClF2N2O2S. The van der Waals surface area contributed by atoms with E-state index in [1.54, 1.807) is 6.07 Å². The lowest BCUT2D eigenvalue weighted by Crippen LogP contribution is -2.48. The Morgan fingerprint density at radius 1 is 1.21 bits per heavy atom. The number of imide groups is 1. The van der Waals surface area contributed by atoms with E-state index in [0.717, 1.165) is 29.1 Å². The van der Waals surface area contributed by atoms with Gasteiger partial charge in [0.05, 0.1) is 11.4 Å². The smallest absolute Gasteiger partial charge is 0.293 e. The van der Waals surface area contributed by atoms with Gasteiger partial charge in [-0.05, 0) is 80.8 Å². The molecule has 0 aromatic heterocycles. The van der Waals surface area contributed by atoms with Gasteiger partial charge in [-0.25, -0.2) is 8.78 Å². The van der Waals surface area contributed by atoms with Crippen molar-refractivity contribution in [2.45, 2.75) is 52.1 Å². The van der Waals surface area contributed by atoms with E-state index in [4.69, 9.17) is 11.6 Å². The van der Waals surface area contributed by atoms with E-state index >= 15 is 4.39 Å². The second kappa shape index (κ2) is 8.76. The van der Waals surface area contributed by atoms with Crippen molar-refractivity contribution in [2.75, 3.05) is 11.4 Å². The van der Waals surface area contributed by atoms with E-state index in [-0.39, 0.29) is 39.1 Å². The van der Waals surface area contributed by atoms with Gasteiger partial charge in [-0.15, -0.1) is 0 Å². The van der Waals surface area contributed by atoms with Crippen molar-refractivity contribution in [3.8, 4) is 0 Å². The van der Waals surface area contributed by atoms with Crippen LogP contribution in [0.4, 0.5) is 19.3 Å². The highest BCUT2D eigenvalue weighted by Crippen LogP contribution is 2.45. The number of nitrogens with zero attached hydrogens (tertiary/aromatic N) is 2. The molecule has 2 aromatic rings. The number of halogens is 3. The van der Waals surface area contributed by atoms with Gasteiger partial charge in [-0.3, -0.25) is 14.5 Å². The lowest BCUT2D eigenvalue weighted by Gasteiger charge is -2.47. The summed E-state index contributed by atoms with van der Waals surface area (Å²) in [6.45, 7) is 8.94. The number of hydrogen-bond donors (Lipinski definition) is 0. The van der Waals surface area contributed by atoms with E-state index in [1.807, 2.05) is 6.92 Å². The van der Waals surface area contributed by atoms with E-state index < -0.39 is 22.8 Å². The Morgan fingerprint density at radius 3 is 2.61 bits per heavy atom. The first-order valence-corrected chi connectivity index (χ1v) is 12.0. The van der Waals surface area contributed by atoms with Gasteiger partial charge in [0.25, 0.3) is 11.1 Å². The fourth-order valence-corrected chi connectivity index (χ4v) is 5.90. The molecule has 1 fully saturated rings. The Kier molecular flexibility index (Phi) is 6.31. The van der Waals surface area contributed by atoms with Crippen LogP contribution in [-0.4, -0.2) is 28.1 Å². The predicted octanol–water partition coefficient (Wildman–Crippen LogP) is 6.97. The minimum atomic E-state index is -0.594. The molecule has 2 aromatic carbocycles. The third-order valence-corrected chi connectivity index (χ3v) is 7.62. The standard InChI is InChI=1S/C25H25ClF2N2O2S/c1-5-30-21-11-20(28)15(9-16(21)14(2)12-25(30,3)4)10-22-23(31)29(24(32)33-22)13-17-18(26)7-6-8-19(17)27/h6-11,14H,5,12-13H2,1-4H3/b22-10+. The number of fused-ring (bicyclic) bond motifs is 1. The van der Waals surface area contributed by atoms with Gasteiger partial charge in [0.15, 0.2) is 0 Å². The molecule has 2 aliphatic rings. The number of benzene rings is 2. The molecule has 1 unspecified atom stereocenters. The molecular weight excluding hydrogens is 466 g/mol. The molecule has 8 heteroatoms. The molecule has 0 spiro atoms. The lowest BCUT2D eigenvalue weighted by molar-refractivity contribution is -0.123. The maximum absolute atomic E-state index is 15.1. The molecule has 0 radical (unpaired) electrons. The summed E-state index contributed by atoms with van der Waals surface area (Å²) in [5.41, 5.74) is 2.11. The lowest BCUT2D eigenvalue weighted by atomic mass is 9.79. The predicted molar refractivity (Wildman–Crippen MR) is 129 cm³/mol. The van der Waals surface area contributed by atoms with E-state index in [2.05, 4.69) is 25.7 Å². The maximum Gasteiger partial charge on any atom is 0.293 e. The topological polar surface area (TPSA) is 40.6 Å². The molecule has 0 bridgehead atoms.